The third-order valence-corrected chi connectivity index (χ3v) is 4.72. The van der Waals surface area contributed by atoms with Gasteiger partial charge in [0.05, 0.1) is 11.4 Å². The number of aryl methyl sites for hydroxylation is 1. The first-order valence-electron chi connectivity index (χ1n) is 9.36. The van der Waals surface area contributed by atoms with E-state index < -0.39 is 0 Å². The normalized spacial score (nSPS) is 12.1. The van der Waals surface area contributed by atoms with Crippen molar-refractivity contribution in [2.75, 3.05) is 11.9 Å². The van der Waals surface area contributed by atoms with Gasteiger partial charge in [-0.3, -0.25) is 9.78 Å². The number of pyridine rings is 1. The minimum absolute atomic E-state index is 0.0257. The zero-order valence-electron chi connectivity index (χ0n) is 16.2. The molecule has 146 valence electrons. The molecular weight excluding hydrogens is 366 g/mol. The maximum Gasteiger partial charge on any atom is 0.275 e. The number of amides is 1. The van der Waals surface area contributed by atoms with E-state index in [0.29, 0.717) is 11.5 Å². The summed E-state index contributed by atoms with van der Waals surface area (Å²) >= 11 is 0. The summed E-state index contributed by atoms with van der Waals surface area (Å²) in [5.41, 5.74) is 4.46. The van der Waals surface area contributed by atoms with E-state index >= 15 is 0 Å². The van der Waals surface area contributed by atoms with Crippen LogP contribution in [0.1, 0.15) is 34.6 Å². The zero-order chi connectivity index (χ0) is 20.4. The van der Waals surface area contributed by atoms with Crippen molar-refractivity contribution < 1.29 is 9.90 Å². The molecule has 29 heavy (non-hydrogen) atoms. The van der Waals surface area contributed by atoms with E-state index in [-0.39, 0.29) is 24.1 Å². The number of nitrogens with one attached hydrogen (secondary N) is 1. The first-order valence-corrected chi connectivity index (χ1v) is 9.36. The highest BCUT2D eigenvalue weighted by Crippen LogP contribution is 2.23. The van der Waals surface area contributed by atoms with Crippen molar-refractivity contribution in [3.8, 4) is 11.3 Å². The Hall–Kier alpha value is -3.58. The molecule has 3 heterocycles. The number of hydrogen-bond donors (Lipinski definition) is 2. The van der Waals surface area contributed by atoms with E-state index in [1.807, 2.05) is 50.2 Å². The SMILES string of the molecule is Cc1cc2nc(NC(=O)c3ccc(C(C)CO)cn3)cc(-c3ccccc3)n2n1. The van der Waals surface area contributed by atoms with Crippen LogP contribution in [-0.2, 0) is 0 Å². The minimum Gasteiger partial charge on any atom is -0.396 e. The van der Waals surface area contributed by atoms with Crippen molar-refractivity contribution in [1.82, 2.24) is 19.6 Å². The van der Waals surface area contributed by atoms with Gasteiger partial charge in [-0.2, -0.15) is 5.10 Å². The molecule has 0 aliphatic carbocycles. The molecule has 1 atom stereocenters. The molecule has 4 rings (SSSR count). The van der Waals surface area contributed by atoms with Gasteiger partial charge in [0.1, 0.15) is 11.5 Å². The number of aliphatic hydroxyl groups excluding tert-OH is 1. The van der Waals surface area contributed by atoms with E-state index in [1.165, 1.54) is 0 Å². The predicted octanol–water partition coefficient (Wildman–Crippen LogP) is 3.45. The molecule has 0 spiro atoms. The molecule has 0 bridgehead atoms. The molecule has 2 N–H and O–H groups in total. The summed E-state index contributed by atoms with van der Waals surface area (Å²) in [6, 6.07) is 16.9. The summed E-state index contributed by atoms with van der Waals surface area (Å²) in [5.74, 6) is 0.0541. The standard InChI is InChI=1S/C22H21N5O2/c1-14(13-28)17-8-9-18(23-12-17)22(29)25-20-11-19(16-6-4-3-5-7-16)27-21(24-20)10-15(2)26-27/h3-12,14,28H,13H2,1-2H3,(H,24,25,29). The lowest BCUT2D eigenvalue weighted by molar-refractivity contribution is 0.102. The molecule has 3 aromatic heterocycles. The second-order valence-corrected chi connectivity index (χ2v) is 6.96. The molecule has 0 saturated heterocycles. The summed E-state index contributed by atoms with van der Waals surface area (Å²) in [6.45, 7) is 3.83. The summed E-state index contributed by atoms with van der Waals surface area (Å²) in [5, 5.41) is 16.6. The van der Waals surface area contributed by atoms with Crippen LogP contribution >= 0.6 is 0 Å². The van der Waals surface area contributed by atoms with E-state index in [2.05, 4.69) is 20.4 Å². The molecule has 7 nitrogen and oxygen atoms in total. The fourth-order valence-corrected chi connectivity index (χ4v) is 3.08. The van der Waals surface area contributed by atoms with Gasteiger partial charge in [0.15, 0.2) is 5.65 Å². The van der Waals surface area contributed by atoms with E-state index in [1.54, 1.807) is 28.9 Å². The molecular formula is C22H21N5O2. The lowest BCUT2D eigenvalue weighted by Gasteiger charge is -2.10. The van der Waals surface area contributed by atoms with Gasteiger partial charge in [-0.1, -0.05) is 43.3 Å². The Morgan fingerprint density at radius 3 is 2.66 bits per heavy atom. The fourth-order valence-electron chi connectivity index (χ4n) is 3.08. The number of aromatic nitrogens is 4. The van der Waals surface area contributed by atoms with Crippen LogP contribution in [0, 0.1) is 6.92 Å². The summed E-state index contributed by atoms with van der Waals surface area (Å²) in [6.07, 6.45) is 1.61. The van der Waals surface area contributed by atoms with E-state index in [4.69, 9.17) is 0 Å². The predicted molar refractivity (Wildman–Crippen MR) is 111 cm³/mol. The van der Waals surface area contributed by atoms with Crippen molar-refractivity contribution in [2.45, 2.75) is 19.8 Å². The quantitative estimate of drug-likeness (QED) is 0.547. The van der Waals surface area contributed by atoms with Gasteiger partial charge < -0.3 is 10.4 Å². The number of carbonyl (C=O) groups is 1. The number of rotatable bonds is 5. The summed E-state index contributed by atoms with van der Waals surface area (Å²) in [4.78, 5) is 21.4. The highest BCUT2D eigenvalue weighted by atomic mass is 16.3. The van der Waals surface area contributed by atoms with Crippen LogP contribution < -0.4 is 5.32 Å². The molecule has 1 unspecified atom stereocenters. The molecule has 0 saturated carbocycles. The lowest BCUT2D eigenvalue weighted by atomic mass is 10.0. The Bertz CT molecular complexity index is 1150. The van der Waals surface area contributed by atoms with E-state index in [9.17, 15) is 9.90 Å². The van der Waals surface area contributed by atoms with Gasteiger partial charge in [0, 0.05) is 36.4 Å². The molecule has 4 aromatic rings. The van der Waals surface area contributed by atoms with Crippen LogP contribution in [0.25, 0.3) is 16.9 Å². The monoisotopic (exact) mass is 387 g/mol. The number of benzene rings is 1. The Morgan fingerprint density at radius 1 is 1.17 bits per heavy atom. The molecule has 0 fully saturated rings. The smallest absolute Gasteiger partial charge is 0.275 e. The van der Waals surface area contributed by atoms with Crippen LogP contribution in [0.3, 0.4) is 0 Å². The molecule has 1 aromatic carbocycles. The first-order chi connectivity index (χ1) is 14.0. The fraction of sp³-hybridized carbons (Fsp3) is 0.182. The number of carbonyl (C=O) groups excluding carboxylic acids is 1. The highest BCUT2D eigenvalue weighted by molar-refractivity contribution is 6.02. The van der Waals surface area contributed by atoms with Gasteiger partial charge in [0.2, 0.25) is 0 Å². The topological polar surface area (TPSA) is 92.4 Å². The van der Waals surface area contributed by atoms with Crippen LogP contribution in [0.4, 0.5) is 5.82 Å². The Balaban J connectivity index is 1.66. The van der Waals surface area contributed by atoms with Crippen molar-refractivity contribution in [3.63, 3.8) is 0 Å². The van der Waals surface area contributed by atoms with Crippen LogP contribution in [0.5, 0.6) is 0 Å². The van der Waals surface area contributed by atoms with Crippen LogP contribution in [0.15, 0.2) is 60.8 Å². The number of aliphatic hydroxyl groups is 1. The highest BCUT2D eigenvalue weighted by Gasteiger charge is 2.14. The number of anilines is 1. The number of hydrogen-bond acceptors (Lipinski definition) is 5. The maximum atomic E-state index is 12.7. The Kier molecular flexibility index (Phi) is 5.05. The summed E-state index contributed by atoms with van der Waals surface area (Å²) in [7, 11) is 0. The maximum absolute atomic E-state index is 12.7. The van der Waals surface area contributed by atoms with Gasteiger partial charge >= 0.3 is 0 Å². The van der Waals surface area contributed by atoms with Gasteiger partial charge in [-0.25, -0.2) is 9.50 Å². The van der Waals surface area contributed by atoms with Crippen molar-refractivity contribution >= 4 is 17.4 Å². The number of nitrogens with zero attached hydrogens (tertiary/aromatic N) is 4. The van der Waals surface area contributed by atoms with Crippen molar-refractivity contribution in [2.24, 2.45) is 0 Å². The van der Waals surface area contributed by atoms with Crippen molar-refractivity contribution in [1.29, 1.82) is 0 Å². The van der Waals surface area contributed by atoms with Crippen LogP contribution in [0.2, 0.25) is 0 Å². The molecule has 1 amide bonds. The molecule has 0 aliphatic heterocycles. The largest absolute Gasteiger partial charge is 0.396 e. The summed E-state index contributed by atoms with van der Waals surface area (Å²) < 4.78 is 1.77. The number of fused-ring (bicyclic) bond motifs is 1. The minimum atomic E-state index is -0.347. The molecule has 7 heteroatoms. The second kappa shape index (κ2) is 7.81. The van der Waals surface area contributed by atoms with Gasteiger partial charge in [-0.05, 0) is 18.6 Å². The Labute approximate surface area is 168 Å². The van der Waals surface area contributed by atoms with Crippen molar-refractivity contribution in [3.05, 3.63) is 77.7 Å². The molecule has 0 radical (unpaired) electrons. The average molecular weight is 387 g/mol. The second-order valence-electron chi connectivity index (χ2n) is 6.96. The third-order valence-electron chi connectivity index (χ3n) is 4.72. The lowest BCUT2D eigenvalue weighted by Crippen LogP contribution is -2.15. The molecule has 0 aliphatic rings. The first kappa shape index (κ1) is 18.8. The van der Waals surface area contributed by atoms with Gasteiger partial charge in [-0.15, -0.1) is 0 Å². The Morgan fingerprint density at radius 2 is 1.97 bits per heavy atom. The average Bonchev–Trinajstić information content (AvgIpc) is 3.13. The van der Waals surface area contributed by atoms with Gasteiger partial charge in [0.25, 0.3) is 5.91 Å². The van der Waals surface area contributed by atoms with Crippen LogP contribution in [-0.4, -0.2) is 37.2 Å². The third kappa shape index (κ3) is 3.86. The van der Waals surface area contributed by atoms with E-state index in [0.717, 1.165) is 22.5 Å². The zero-order valence-corrected chi connectivity index (χ0v) is 16.2.